The van der Waals surface area contributed by atoms with Gasteiger partial charge in [-0.3, -0.25) is 9.69 Å². The van der Waals surface area contributed by atoms with Crippen molar-refractivity contribution in [2.45, 2.75) is 27.7 Å². The Morgan fingerprint density at radius 1 is 1.38 bits per heavy atom. The van der Waals surface area contributed by atoms with Crippen LogP contribution in [-0.2, 0) is 4.79 Å². The molecule has 0 spiro atoms. The summed E-state index contributed by atoms with van der Waals surface area (Å²) in [5.41, 5.74) is 5.58. The van der Waals surface area contributed by atoms with Crippen LogP contribution in [-0.4, -0.2) is 43.5 Å². The molecule has 4 heteroatoms. The molecule has 0 aliphatic rings. The number of likely N-dealkylation sites (N-methyl/N-ethyl adjacent to an activating group) is 1. The summed E-state index contributed by atoms with van der Waals surface area (Å²) >= 11 is 0. The first-order chi connectivity index (χ1) is 7.49. The first-order valence-corrected chi connectivity index (χ1v) is 6.18. The summed E-state index contributed by atoms with van der Waals surface area (Å²) in [5, 5.41) is 2.93. The molecule has 1 amide bonds. The monoisotopic (exact) mass is 229 g/mol. The minimum atomic E-state index is 0.111. The largest absolute Gasteiger partial charge is 0.355 e. The van der Waals surface area contributed by atoms with Crippen molar-refractivity contribution in [1.82, 2.24) is 10.2 Å². The molecule has 0 fully saturated rings. The number of nitrogens with two attached hydrogens (primary N) is 1. The van der Waals surface area contributed by atoms with Crippen molar-refractivity contribution in [3.05, 3.63) is 0 Å². The summed E-state index contributed by atoms with van der Waals surface area (Å²) in [6.45, 7) is 12.0. The van der Waals surface area contributed by atoms with E-state index in [4.69, 9.17) is 5.73 Å². The quantitative estimate of drug-likeness (QED) is 0.643. The molecular weight excluding hydrogens is 202 g/mol. The summed E-state index contributed by atoms with van der Waals surface area (Å²) in [6, 6.07) is 0. The van der Waals surface area contributed by atoms with Gasteiger partial charge in [-0.2, -0.15) is 0 Å². The smallest absolute Gasteiger partial charge is 0.234 e. The Balaban J connectivity index is 3.87. The lowest BCUT2D eigenvalue weighted by atomic mass is 10.1. The summed E-state index contributed by atoms with van der Waals surface area (Å²) in [4.78, 5) is 13.7. The van der Waals surface area contributed by atoms with Gasteiger partial charge in [0.15, 0.2) is 0 Å². The predicted molar refractivity (Wildman–Crippen MR) is 68.2 cm³/mol. The number of carbonyl (C=O) groups excluding carboxylic acids is 1. The molecule has 0 heterocycles. The molecule has 0 bridgehead atoms. The predicted octanol–water partition coefficient (Wildman–Crippen LogP) is 0.675. The molecule has 0 radical (unpaired) electrons. The fourth-order valence-electron chi connectivity index (χ4n) is 1.40. The molecule has 0 aromatic rings. The van der Waals surface area contributed by atoms with E-state index in [1.54, 1.807) is 0 Å². The molecule has 0 saturated carbocycles. The van der Waals surface area contributed by atoms with E-state index in [2.05, 4.69) is 37.9 Å². The highest BCUT2D eigenvalue weighted by atomic mass is 16.2. The third-order valence-corrected chi connectivity index (χ3v) is 2.49. The first-order valence-electron chi connectivity index (χ1n) is 6.18. The maximum atomic E-state index is 11.6. The molecule has 0 aliphatic heterocycles. The van der Waals surface area contributed by atoms with Crippen LogP contribution < -0.4 is 11.1 Å². The number of hydrogen-bond donors (Lipinski definition) is 2. The van der Waals surface area contributed by atoms with Crippen LogP contribution in [0.25, 0.3) is 0 Å². The Morgan fingerprint density at radius 3 is 2.44 bits per heavy atom. The zero-order chi connectivity index (χ0) is 12.6. The van der Waals surface area contributed by atoms with E-state index in [0.717, 1.165) is 19.6 Å². The van der Waals surface area contributed by atoms with Gasteiger partial charge in [-0.15, -0.1) is 0 Å². The third kappa shape index (κ3) is 7.65. The average molecular weight is 229 g/mol. The lowest BCUT2D eigenvalue weighted by molar-refractivity contribution is -0.122. The molecule has 1 atom stereocenters. The minimum absolute atomic E-state index is 0.111. The van der Waals surface area contributed by atoms with Crippen molar-refractivity contribution in [2.24, 2.45) is 17.6 Å². The van der Waals surface area contributed by atoms with Crippen molar-refractivity contribution in [2.75, 3.05) is 32.7 Å². The number of nitrogens with one attached hydrogen (secondary N) is 1. The molecule has 3 N–H and O–H groups in total. The fourth-order valence-corrected chi connectivity index (χ4v) is 1.40. The second-order valence-electron chi connectivity index (χ2n) is 4.87. The molecule has 96 valence electrons. The van der Waals surface area contributed by atoms with Gasteiger partial charge in [-0.25, -0.2) is 0 Å². The highest BCUT2D eigenvalue weighted by molar-refractivity contribution is 5.77. The minimum Gasteiger partial charge on any atom is -0.355 e. The molecule has 0 aromatic carbocycles. The number of carbonyl (C=O) groups is 1. The average Bonchev–Trinajstić information content (AvgIpc) is 2.25. The van der Waals surface area contributed by atoms with Gasteiger partial charge in [-0.05, 0) is 24.9 Å². The maximum Gasteiger partial charge on any atom is 0.234 e. The van der Waals surface area contributed by atoms with Gasteiger partial charge in [0.05, 0.1) is 6.54 Å². The van der Waals surface area contributed by atoms with Crippen molar-refractivity contribution < 1.29 is 4.79 Å². The Bertz CT molecular complexity index is 195. The van der Waals surface area contributed by atoms with Crippen molar-refractivity contribution >= 4 is 5.91 Å². The van der Waals surface area contributed by atoms with Crippen LogP contribution in [0.2, 0.25) is 0 Å². The molecule has 1 unspecified atom stereocenters. The van der Waals surface area contributed by atoms with Gasteiger partial charge >= 0.3 is 0 Å². The Hall–Kier alpha value is -0.610. The summed E-state index contributed by atoms with van der Waals surface area (Å²) in [7, 11) is 0. The summed E-state index contributed by atoms with van der Waals surface area (Å²) in [6.07, 6.45) is 0. The van der Waals surface area contributed by atoms with Gasteiger partial charge < -0.3 is 11.1 Å². The van der Waals surface area contributed by atoms with Crippen LogP contribution in [0.1, 0.15) is 27.7 Å². The van der Waals surface area contributed by atoms with Gasteiger partial charge in [0, 0.05) is 13.1 Å². The first kappa shape index (κ1) is 15.4. The topological polar surface area (TPSA) is 58.4 Å². The van der Waals surface area contributed by atoms with E-state index in [1.165, 1.54) is 0 Å². The maximum absolute atomic E-state index is 11.6. The van der Waals surface area contributed by atoms with Crippen LogP contribution in [0.4, 0.5) is 0 Å². The van der Waals surface area contributed by atoms with E-state index < -0.39 is 0 Å². The third-order valence-electron chi connectivity index (χ3n) is 2.49. The van der Waals surface area contributed by atoms with Crippen molar-refractivity contribution in [3.63, 3.8) is 0 Å². The summed E-state index contributed by atoms with van der Waals surface area (Å²) in [5.74, 6) is 1.06. The Kier molecular flexibility index (Phi) is 8.21. The van der Waals surface area contributed by atoms with Gasteiger partial charge in [0.25, 0.3) is 0 Å². The zero-order valence-electron chi connectivity index (χ0n) is 11.1. The van der Waals surface area contributed by atoms with E-state index in [1.807, 2.05) is 0 Å². The Morgan fingerprint density at radius 2 is 2.00 bits per heavy atom. The second-order valence-corrected chi connectivity index (χ2v) is 4.87. The van der Waals surface area contributed by atoms with Crippen LogP contribution in [0.5, 0.6) is 0 Å². The molecule has 0 rings (SSSR count). The molecule has 0 aliphatic carbocycles. The molecule has 0 saturated heterocycles. The lowest BCUT2D eigenvalue weighted by Crippen LogP contribution is -2.41. The fraction of sp³-hybridized carbons (Fsp3) is 0.917. The molecular formula is C12H27N3O. The lowest BCUT2D eigenvalue weighted by Gasteiger charge is -2.23. The van der Waals surface area contributed by atoms with Gasteiger partial charge in [0.1, 0.15) is 0 Å². The van der Waals surface area contributed by atoms with Gasteiger partial charge in [0.2, 0.25) is 5.91 Å². The van der Waals surface area contributed by atoms with Crippen LogP contribution >= 0.6 is 0 Å². The standard InChI is InChI=1S/C12H27N3O/c1-5-15(8-11(4)6-13)9-12(16)14-7-10(2)3/h10-11H,5-9,13H2,1-4H3,(H,14,16). The van der Waals surface area contributed by atoms with Crippen LogP contribution in [0.3, 0.4) is 0 Å². The number of rotatable bonds is 8. The van der Waals surface area contributed by atoms with Crippen LogP contribution in [0.15, 0.2) is 0 Å². The van der Waals surface area contributed by atoms with Crippen molar-refractivity contribution in [1.29, 1.82) is 0 Å². The molecule has 0 aromatic heterocycles. The number of amides is 1. The molecule has 16 heavy (non-hydrogen) atoms. The van der Waals surface area contributed by atoms with E-state index >= 15 is 0 Å². The second kappa shape index (κ2) is 8.53. The highest BCUT2D eigenvalue weighted by Gasteiger charge is 2.11. The van der Waals surface area contributed by atoms with E-state index in [-0.39, 0.29) is 5.91 Å². The highest BCUT2D eigenvalue weighted by Crippen LogP contribution is 1.97. The normalized spacial score (nSPS) is 13.2. The van der Waals surface area contributed by atoms with Crippen LogP contribution in [0, 0.1) is 11.8 Å². The summed E-state index contributed by atoms with van der Waals surface area (Å²) < 4.78 is 0. The number of hydrogen-bond acceptors (Lipinski definition) is 3. The van der Waals surface area contributed by atoms with E-state index in [0.29, 0.717) is 24.9 Å². The zero-order valence-corrected chi connectivity index (χ0v) is 11.1. The Labute approximate surface area is 99.6 Å². The molecule has 4 nitrogen and oxygen atoms in total. The van der Waals surface area contributed by atoms with E-state index in [9.17, 15) is 4.79 Å². The van der Waals surface area contributed by atoms with Crippen molar-refractivity contribution in [3.8, 4) is 0 Å². The van der Waals surface area contributed by atoms with Gasteiger partial charge in [-0.1, -0.05) is 27.7 Å². The number of nitrogens with zero attached hydrogens (tertiary/aromatic N) is 1. The SMILES string of the molecule is CCN(CC(=O)NCC(C)C)CC(C)CN.